The van der Waals surface area contributed by atoms with Crippen LogP contribution in [0.25, 0.3) is 0 Å². The molecule has 1 N–H and O–H groups in total. The fourth-order valence-electron chi connectivity index (χ4n) is 5.73. The summed E-state index contributed by atoms with van der Waals surface area (Å²) in [6.07, 6.45) is 28.1. The van der Waals surface area contributed by atoms with Crippen LogP contribution in [-0.2, 0) is 14.3 Å². The SMILES string of the molecule is CCCCCCCCCCCCCC(=O)O[C@H](CCCCCCCCCCC)CC(=O)N1CCC[C@H]1CO. The zero-order valence-electron chi connectivity index (χ0n) is 25.4. The fourth-order valence-corrected chi connectivity index (χ4v) is 5.73. The summed E-state index contributed by atoms with van der Waals surface area (Å²) in [5.74, 6) is -0.111. The molecule has 224 valence electrons. The first kappa shape index (κ1) is 34.9. The molecule has 1 fully saturated rings. The lowest BCUT2D eigenvalue weighted by Gasteiger charge is -2.26. The Morgan fingerprint density at radius 3 is 1.71 bits per heavy atom. The number of rotatable bonds is 26. The Morgan fingerprint density at radius 1 is 0.737 bits per heavy atom. The van der Waals surface area contributed by atoms with Crippen LogP contribution in [0.15, 0.2) is 0 Å². The molecule has 5 heteroatoms. The van der Waals surface area contributed by atoms with Crippen LogP contribution in [0.4, 0.5) is 0 Å². The van der Waals surface area contributed by atoms with E-state index >= 15 is 0 Å². The molecular formula is C33H63NO4. The van der Waals surface area contributed by atoms with Crippen molar-refractivity contribution < 1.29 is 19.4 Å². The van der Waals surface area contributed by atoms with Crippen LogP contribution in [0.5, 0.6) is 0 Å². The van der Waals surface area contributed by atoms with Crippen molar-refractivity contribution in [3.63, 3.8) is 0 Å². The van der Waals surface area contributed by atoms with Crippen molar-refractivity contribution in [3.05, 3.63) is 0 Å². The number of likely N-dealkylation sites (tertiary alicyclic amines) is 1. The van der Waals surface area contributed by atoms with Gasteiger partial charge < -0.3 is 14.7 Å². The van der Waals surface area contributed by atoms with Crippen molar-refractivity contribution in [2.24, 2.45) is 0 Å². The molecule has 1 saturated heterocycles. The smallest absolute Gasteiger partial charge is 0.306 e. The summed E-state index contributed by atoms with van der Waals surface area (Å²) in [7, 11) is 0. The maximum absolute atomic E-state index is 12.9. The van der Waals surface area contributed by atoms with E-state index < -0.39 is 0 Å². The van der Waals surface area contributed by atoms with Crippen LogP contribution >= 0.6 is 0 Å². The van der Waals surface area contributed by atoms with Gasteiger partial charge in [0.25, 0.3) is 0 Å². The van der Waals surface area contributed by atoms with Crippen molar-refractivity contribution in [3.8, 4) is 0 Å². The molecule has 1 rings (SSSR count). The summed E-state index contributed by atoms with van der Waals surface area (Å²) in [5, 5.41) is 9.61. The number of hydrogen-bond donors (Lipinski definition) is 1. The van der Waals surface area contributed by atoms with E-state index in [-0.39, 0.29) is 37.0 Å². The van der Waals surface area contributed by atoms with Gasteiger partial charge in [-0.25, -0.2) is 0 Å². The minimum absolute atomic E-state index is 0.0211. The highest BCUT2D eigenvalue weighted by atomic mass is 16.5. The summed E-state index contributed by atoms with van der Waals surface area (Å²) in [6, 6.07) is -0.0668. The molecule has 2 atom stereocenters. The van der Waals surface area contributed by atoms with E-state index in [9.17, 15) is 14.7 Å². The van der Waals surface area contributed by atoms with E-state index in [1.807, 2.05) is 0 Å². The van der Waals surface area contributed by atoms with Gasteiger partial charge in [-0.1, -0.05) is 129 Å². The van der Waals surface area contributed by atoms with E-state index in [1.165, 1.54) is 103 Å². The number of nitrogens with zero attached hydrogens (tertiary/aromatic N) is 1. The van der Waals surface area contributed by atoms with Crippen LogP contribution in [0.3, 0.4) is 0 Å². The molecule has 0 radical (unpaired) electrons. The number of unbranched alkanes of at least 4 members (excludes halogenated alkanes) is 18. The third kappa shape index (κ3) is 18.2. The molecule has 38 heavy (non-hydrogen) atoms. The van der Waals surface area contributed by atoms with Crippen molar-refractivity contribution in [2.75, 3.05) is 13.2 Å². The van der Waals surface area contributed by atoms with Crippen molar-refractivity contribution in [1.82, 2.24) is 4.90 Å². The van der Waals surface area contributed by atoms with Crippen LogP contribution in [-0.4, -0.2) is 47.2 Å². The van der Waals surface area contributed by atoms with E-state index in [0.29, 0.717) is 13.0 Å². The Labute approximate surface area is 235 Å². The Morgan fingerprint density at radius 2 is 1.21 bits per heavy atom. The fraction of sp³-hybridized carbons (Fsp3) is 0.939. The third-order valence-corrected chi connectivity index (χ3v) is 8.22. The number of amides is 1. The lowest BCUT2D eigenvalue weighted by Crippen LogP contribution is -2.39. The van der Waals surface area contributed by atoms with E-state index in [0.717, 1.165) is 44.9 Å². The first-order valence-corrected chi connectivity index (χ1v) is 16.7. The van der Waals surface area contributed by atoms with Crippen LogP contribution in [0.2, 0.25) is 0 Å². The Bertz CT molecular complexity index is 567. The Hall–Kier alpha value is -1.10. The number of ether oxygens (including phenoxy) is 1. The molecule has 0 saturated carbocycles. The Kier molecular flexibility index (Phi) is 22.9. The molecule has 0 bridgehead atoms. The zero-order chi connectivity index (χ0) is 27.7. The van der Waals surface area contributed by atoms with Gasteiger partial charge in [-0.2, -0.15) is 0 Å². The second-order valence-electron chi connectivity index (χ2n) is 11.8. The quantitative estimate of drug-likeness (QED) is 0.0883. The highest BCUT2D eigenvalue weighted by molar-refractivity contribution is 5.78. The highest BCUT2D eigenvalue weighted by Gasteiger charge is 2.30. The average molecular weight is 538 g/mol. The molecule has 1 amide bonds. The molecule has 5 nitrogen and oxygen atoms in total. The van der Waals surface area contributed by atoms with Gasteiger partial charge in [0.15, 0.2) is 0 Å². The standard InChI is InChI=1S/C33H63NO4/c1-3-5-7-9-11-13-14-16-18-20-22-26-33(37)38-31(25-21-19-17-15-12-10-8-6-4-2)28-32(36)34-27-23-24-30(34)29-35/h30-31,35H,3-29H2,1-2H3/t30-,31+/m0/s1. The first-order chi connectivity index (χ1) is 18.6. The van der Waals surface area contributed by atoms with Gasteiger partial charge in [-0.15, -0.1) is 0 Å². The largest absolute Gasteiger partial charge is 0.462 e. The summed E-state index contributed by atoms with van der Waals surface area (Å²) in [4.78, 5) is 27.4. The molecule has 0 spiro atoms. The minimum Gasteiger partial charge on any atom is -0.462 e. The van der Waals surface area contributed by atoms with E-state index in [4.69, 9.17) is 4.74 Å². The van der Waals surface area contributed by atoms with Crippen LogP contribution in [0, 0.1) is 0 Å². The molecule has 0 aromatic heterocycles. The summed E-state index contributed by atoms with van der Waals surface area (Å²) in [5.41, 5.74) is 0. The minimum atomic E-state index is -0.327. The highest BCUT2D eigenvalue weighted by Crippen LogP contribution is 2.21. The third-order valence-electron chi connectivity index (χ3n) is 8.22. The second-order valence-corrected chi connectivity index (χ2v) is 11.8. The van der Waals surface area contributed by atoms with Gasteiger partial charge in [-0.3, -0.25) is 9.59 Å². The molecule has 0 aliphatic carbocycles. The number of aliphatic hydroxyl groups excluding tert-OH is 1. The molecule has 1 heterocycles. The maximum atomic E-state index is 12.9. The molecule has 0 aromatic carbocycles. The number of aliphatic hydroxyl groups is 1. The molecule has 1 aliphatic rings. The maximum Gasteiger partial charge on any atom is 0.306 e. The van der Waals surface area contributed by atoms with Crippen molar-refractivity contribution in [1.29, 1.82) is 0 Å². The lowest BCUT2D eigenvalue weighted by molar-refractivity contribution is -0.152. The van der Waals surface area contributed by atoms with Crippen LogP contribution in [0.1, 0.15) is 174 Å². The van der Waals surface area contributed by atoms with Crippen molar-refractivity contribution in [2.45, 2.75) is 187 Å². The lowest BCUT2D eigenvalue weighted by atomic mass is 10.0. The molecule has 0 unspecified atom stereocenters. The Balaban J connectivity index is 2.28. The van der Waals surface area contributed by atoms with Gasteiger partial charge >= 0.3 is 5.97 Å². The molecule has 0 aromatic rings. The predicted octanol–water partition coefficient (Wildman–Crippen LogP) is 8.89. The summed E-state index contributed by atoms with van der Waals surface area (Å²) < 4.78 is 5.86. The monoisotopic (exact) mass is 537 g/mol. The second kappa shape index (κ2) is 24.9. The summed E-state index contributed by atoms with van der Waals surface area (Å²) >= 11 is 0. The number of carbonyl (C=O) groups excluding carboxylic acids is 2. The average Bonchev–Trinajstić information content (AvgIpc) is 3.40. The predicted molar refractivity (Wildman–Crippen MR) is 159 cm³/mol. The van der Waals surface area contributed by atoms with Gasteiger partial charge in [0, 0.05) is 13.0 Å². The summed E-state index contributed by atoms with van der Waals surface area (Å²) in [6.45, 7) is 5.24. The number of hydrogen-bond acceptors (Lipinski definition) is 4. The van der Waals surface area contributed by atoms with Gasteiger partial charge in [-0.05, 0) is 32.1 Å². The van der Waals surface area contributed by atoms with E-state index in [1.54, 1.807) is 4.90 Å². The van der Waals surface area contributed by atoms with E-state index in [2.05, 4.69) is 13.8 Å². The number of esters is 1. The number of carbonyl (C=O) groups is 2. The zero-order valence-corrected chi connectivity index (χ0v) is 25.4. The van der Waals surface area contributed by atoms with Crippen molar-refractivity contribution >= 4 is 11.9 Å². The van der Waals surface area contributed by atoms with Gasteiger partial charge in [0.05, 0.1) is 19.1 Å². The normalized spacial score (nSPS) is 16.2. The topological polar surface area (TPSA) is 66.8 Å². The molecular weight excluding hydrogens is 474 g/mol. The van der Waals surface area contributed by atoms with Gasteiger partial charge in [0.1, 0.15) is 6.10 Å². The van der Waals surface area contributed by atoms with Crippen LogP contribution < -0.4 is 0 Å². The van der Waals surface area contributed by atoms with Gasteiger partial charge in [0.2, 0.25) is 5.91 Å². The molecule has 1 aliphatic heterocycles. The first-order valence-electron chi connectivity index (χ1n) is 16.7.